The topological polar surface area (TPSA) is 180 Å². The van der Waals surface area contributed by atoms with Gasteiger partial charge >= 0.3 is 0 Å². The standard InChI is InChI=1S/C18H17N3O7S3/c1-30(25,26)13-7-10-8-15(31(2,27)28)18(17(19)16(10)14(22)9-13)21-20-11-3-5-12(6-4-11)29(23)24/h3-9,22H,1,19H2,2H3,(H,23,24)(H,25,26). The van der Waals surface area contributed by atoms with Gasteiger partial charge in [-0.25, -0.2) is 16.8 Å². The number of anilines is 1. The first-order chi connectivity index (χ1) is 14.3. The van der Waals surface area contributed by atoms with Gasteiger partial charge in [0.2, 0.25) is 0 Å². The smallest absolute Gasteiger partial charge is 0.186 e. The second-order valence-electron chi connectivity index (χ2n) is 6.53. The van der Waals surface area contributed by atoms with Gasteiger partial charge in [-0.1, -0.05) is 0 Å². The number of phenols is 1. The van der Waals surface area contributed by atoms with Crippen LogP contribution in [0.1, 0.15) is 0 Å². The van der Waals surface area contributed by atoms with Crippen LogP contribution in [0.25, 0.3) is 10.8 Å². The molecule has 2 unspecified atom stereocenters. The maximum absolute atomic E-state index is 12.3. The minimum Gasteiger partial charge on any atom is -0.507 e. The molecule has 31 heavy (non-hydrogen) atoms. The van der Waals surface area contributed by atoms with Gasteiger partial charge in [-0.3, -0.25) is 0 Å². The zero-order chi connectivity index (χ0) is 23.1. The van der Waals surface area contributed by atoms with Crippen LogP contribution in [0.4, 0.5) is 17.1 Å². The van der Waals surface area contributed by atoms with Gasteiger partial charge in [0.05, 0.1) is 26.1 Å². The quantitative estimate of drug-likeness (QED) is 0.185. The number of fused-ring (bicyclic) bond motifs is 1. The van der Waals surface area contributed by atoms with Crippen LogP contribution in [0.15, 0.2) is 67.4 Å². The molecule has 2 atom stereocenters. The fraction of sp³-hybridized carbons (Fsp3) is 0.0556. The number of azo groups is 1. The number of nitrogens with zero attached hydrogens (tertiary/aromatic N) is 2. The highest BCUT2D eigenvalue weighted by Gasteiger charge is 2.22. The van der Waals surface area contributed by atoms with E-state index in [1.807, 2.05) is 0 Å². The molecule has 0 saturated heterocycles. The third kappa shape index (κ3) is 4.75. The van der Waals surface area contributed by atoms with E-state index in [4.69, 9.17) is 10.3 Å². The van der Waals surface area contributed by atoms with Crippen molar-refractivity contribution in [2.24, 2.45) is 10.2 Å². The Labute approximate surface area is 180 Å². The minimum absolute atomic E-state index is 0.0276. The summed E-state index contributed by atoms with van der Waals surface area (Å²) in [5.74, 6) is 2.68. The van der Waals surface area contributed by atoms with E-state index in [2.05, 4.69) is 16.1 Å². The van der Waals surface area contributed by atoms with Gasteiger partial charge in [0.25, 0.3) is 0 Å². The van der Waals surface area contributed by atoms with Gasteiger partial charge in [-0.2, -0.15) is 5.11 Å². The fourth-order valence-electron chi connectivity index (χ4n) is 2.80. The highest BCUT2D eigenvalue weighted by Crippen LogP contribution is 2.43. The molecule has 5 N–H and O–H groups in total. The molecule has 3 aromatic rings. The van der Waals surface area contributed by atoms with Crippen molar-refractivity contribution in [3.8, 4) is 5.75 Å². The van der Waals surface area contributed by atoms with Crippen LogP contribution in [-0.2, 0) is 30.7 Å². The lowest BCUT2D eigenvalue weighted by Gasteiger charge is -2.13. The number of hydrogen-bond acceptors (Lipinski definition) is 8. The van der Waals surface area contributed by atoms with Crippen LogP contribution in [0, 0.1) is 0 Å². The first-order valence-corrected chi connectivity index (χ1v) is 13.0. The Bertz CT molecular complexity index is 1460. The summed E-state index contributed by atoms with van der Waals surface area (Å²) in [5, 5.41) is 18.4. The average molecular weight is 484 g/mol. The maximum Gasteiger partial charge on any atom is 0.186 e. The number of aromatic hydroxyl groups is 1. The van der Waals surface area contributed by atoms with E-state index < -0.39 is 36.5 Å². The SMILES string of the molecule is C=S(=O)(O)c1cc(O)c2c(N)c(N=Nc3ccc(S(=O)O)cc3)c(S(C)(=O)=O)cc2c1. The molecular formula is C18H17N3O7S3. The first-order valence-electron chi connectivity index (χ1n) is 8.30. The normalized spacial score (nSPS) is 15.2. The van der Waals surface area contributed by atoms with Crippen molar-refractivity contribution in [1.82, 2.24) is 0 Å². The van der Waals surface area contributed by atoms with Gasteiger partial charge in [0, 0.05) is 11.6 Å². The molecule has 0 aliphatic rings. The van der Waals surface area contributed by atoms with Crippen molar-refractivity contribution in [1.29, 1.82) is 0 Å². The lowest BCUT2D eigenvalue weighted by molar-refractivity contribution is 0.479. The second kappa shape index (κ2) is 8.01. The monoisotopic (exact) mass is 483 g/mol. The van der Waals surface area contributed by atoms with E-state index in [1.54, 1.807) is 0 Å². The van der Waals surface area contributed by atoms with Crippen LogP contribution in [0.5, 0.6) is 5.75 Å². The lowest BCUT2D eigenvalue weighted by atomic mass is 10.1. The van der Waals surface area contributed by atoms with Gasteiger partial charge in [-0.05, 0) is 53.7 Å². The number of sulfone groups is 1. The second-order valence-corrected chi connectivity index (χ2v) is 11.2. The van der Waals surface area contributed by atoms with Crippen LogP contribution < -0.4 is 5.73 Å². The summed E-state index contributed by atoms with van der Waals surface area (Å²) >= 11 is -2.17. The van der Waals surface area contributed by atoms with Crippen LogP contribution in [0.2, 0.25) is 0 Å². The molecule has 0 amide bonds. The Kier molecular flexibility index (Phi) is 5.90. The van der Waals surface area contributed by atoms with E-state index >= 15 is 0 Å². The predicted octanol–water partition coefficient (Wildman–Crippen LogP) is 3.08. The Hall–Kier alpha value is -2.84. The zero-order valence-corrected chi connectivity index (χ0v) is 18.4. The Balaban J connectivity index is 2.26. The van der Waals surface area contributed by atoms with Crippen molar-refractivity contribution in [3.05, 3.63) is 42.5 Å². The number of hydrogen-bond donors (Lipinski definition) is 4. The first kappa shape index (κ1) is 22.8. The van der Waals surface area contributed by atoms with E-state index in [0.717, 1.165) is 12.3 Å². The van der Waals surface area contributed by atoms with E-state index in [-0.39, 0.29) is 42.5 Å². The molecule has 3 aromatic carbocycles. The summed E-state index contributed by atoms with van der Waals surface area (Å²) in [4.78, 5) is -0.362. The van der Waals surface area contributed by atoms with Gasteiger partial charge in [-0.15, -0.1) is 5.11 Å². The fourth-order valence-corrected chi connectivity index (χ4v) is 4.62. The molecular weight excluding hydrogens is 466 g/mol. The molecule has 13 heteroatoms. The summed E-state index contributed by atoms with van der Waals surface area (Å²) in [7, 11) is -7.54. The average Bonchev–Trinajstić information content (AvgIpc) is 2.65. The molecule has 0 bridgehead atoms. The lowest BCUT2D eigenvalue weighted by Crippen LogP contribution is -2.02. The van der Waals surface area contributed by atoms with Gasteiger partial charge < -0.3 is 19.9 Å². The third-order valence-corrected chi connectivity index (χ3v) is 7.00. The molecule has 0 aliphatic carbocycles. The minimum atomic E-state index is -3.87. The van der Waals surface area contributed by atoms with Crippen molar-refractivity contribution in [3.63, 3.8) is 0 Å². The summed E-state index contributed by atoms with van der Waals surface area (Å²) in [5.41, 5.74) is 5.93. The van der Waals surface area contributed by atoms with Gasteiger partial charge in [0.1, 0.15) is 21.2 Å². The molecule has 0 aliphatic heterocycles. The van der Waals surface area contributed by atoms with Crippen molar-refractivity contribution in [2.45, 2.75) is 14.7 Å². The van der Waals surface area contributed by atoms with Crippen LogP contribution in [0.3, 0.4) is 0 Å². The van der Waals surface area contributed by atoms with Gasteiger partial charge in [0.15, 0.2) is 20.9 Å². The summed E-state index contributed by atoms with van der Waals surface area (Å²) < 4.78 is 66.3. The van der Waals surface area contributed by atoms with Crippen molar-refractivity contribution < 1.29 is 31.0 Å². The number of nitrogens with two attached hydrogens (primary N) is 1. The Morgan fingerprint density at radius 1 is 1.06 bits per heavy atom. The highest BCUT2D eigenvalue weighted by atomic mass is 32.2. The Morgan fingerprint density at radius 2 is 1.68 bits per heavy atom. The maximum atomic E-state index is 12.3. The molecule has 10 nitrogen and oxygen atoms in total. The van der Waals surface area contributed by atoms with E-state index in [9.17, 15) is 26.5 Å². The van der Waals surface area contributed by atoms with E-state index in [0.29, 0.717) is 0 Å². The molecule has 0 radical (unpaired) electrons. The molecule has 0 fully saturated rings. The third-order valence-electron chi connectivity index (χ3n) is 4.24. The molecule has 164 valence electrons. The zero-order valence-electron chi connectivity index (χ0n) is 15.9. The molecule has 3 rings (SSSR count). The predicted molar refractivity (Wildman–Crippen MR) is 119 cm³/mol. The van der Waals surface area contributed by atoms with Crippen molar-refractivity contribution >= 4 is 64.4 Å². The molecule has 0 heterocycles. The Morgan fingerprint density at radius 3 is 2.19 bits per heavy atom. The molecule has 0 saturated carbocycles. The number of phenolic OH excluding ortho intramolecular Hbond substituents is 1. The largest absolute Gasteiger partial charge is 0.507 e. The van der Waals surface area contributed by atoms with E-state index in [1.165, 1.54) is 36.4 Å². The summed E-state index contributed by atoms with van der Waals surface area (Å²) in [6.45, 7) is 0. The highest BCUT2D eigenvalue weighted by molar-refractivity contribution is 7.95. The van der Waals surface area contributed by atoms with Crippen LogP contribution in [-0.4, -0.2) is 43.2 Å². The number of rotatable bonds is 5. The van der Waals surface area contributed by atoms with Crippen molar-refractivity contribution in [2.75, 3.05) is 12.0 Å². The summed E-state index contributed by atoms with van der Waals surface area (Å²) in [6, 6.07) is 8.91. The number of nitrogen functional groups attached to an aromatic ring is 1. The summed E-state index contributed by atoms with van der Waals surface area (Å²) in [6.07, 6.45) is 0.929. The molecule has 0 spiro atoms. The number of benzene rings is 3. The van der Waals surface area contributed by atoms with Crippen LogP contribution >= 0.6 is 0 Å². The molecule has 0 aromatic heterocycles.